The average Bonchev–Trinajstić information content (AvgIpc) is 2.72. The van der Waals surface area contributed by atoms with Gasteiger partial charge in [-0.25, -0.2) is 0 Å². The van der Waals surface area contributed by atoms with Crippen LogP contribution in [0.4, 0.5) is 0 Å². The maximum Gasteiger partial charge on any atom is 0.0323 e. The van der Waals surface area contributed by atoms with Gasteiger partial charge in [0, 0.05) is 6.04 Å². The zero-order valence-electron chi connectivity index (χ0n) is 8.92. The summed E-state index contributed by atoms with van der Waals surface area (Å²) in [5.74, 6) is 0. The molecular formula is C13H19N. The fraction of sp³-hybridized carbons (Fsp3) is 0.538. The van der Waals surface area contributed by atoms with Crippen LogP contribution in [0.15, 0.2) is 24.3 Å². The number of hydrogen-bond acceptors (Lipinski definition) is 1. The number of rotatable bonds is 3. The van der Waals surface area contributed by atoms with E-state index in [2.05, 4.69) is 36.5 Å². The first kappa shape index (κ1) is 9.72. The number of nitrogens with one attached hydrogen (secondary N) is 1. The van der Waals surface area contributed by atoms with Crippen LogP contribution in [0.2, 0.25) is 0 Å². The molecule has 1 aromatic rings. The maximum atomic E-state index is 3.57. The van der Waals surface area contributed by atoms with Gasteiger partial charge in [-0.05, 0) is 36.9 Å². The van der Waals surface area contributed by atoms with Crippen molar-refractivity contribution in [3.63, 3.8) is 0 Å². The first-order valence-corrected chi connectivity index (χ1v) is 5.73. The van der Waals surface area contributed by atoms with Crippen molar-refractivity contribution >= 4 is 0 Å². The maximum absolute atomic E-state index is 3.57. The van der Waals surface area contributed by atoms with Crippen LogP contribution in [0, 0.1) is 0 Å². The Morgan fingerprint density at radius 3 is 2.93 bits per heavy atom. The van der Waals surface area contributed by atoms with Crippen molar-refractivity contribution < 1.29 is 0 Å². The van der Waals surface area contributed by atoms with Gasteiger partial charge in [0.1, 0.15) is 0 Å². The van der Waals surface area contributed by atoms with E-state index >= 15 is 0 Å². The molecule has 1 heteroatoms. The molecule has 1 N–H and O–H groups in total. The van der Waals surface area contributed by atoms with Crippen molar-refractivity contribution in [1.29, 1.82) is 0 Å². The summed E-state index contributed by atoms with van der Waals surface area (Å²) in [7, 11) is 0. The van der Waals surface area contributed by atoms with Crippen molar-refractivity contribution in [2.24, 2.45) is 0 Å². The molecule has 0 aliphatic carbocycles. The lowest BCUT2D eigenvalue weighted by Gasteiger charge is -2.15. The molecule has 2 rings (SSSR count). The van der Waals surface area contributed by atoms with Gasteiger partial charge in [0.25, 0.3) is 0 Å². The summed E-state index contributed by atoms with van der Waals surface area (Å²) >= 11 is 0. The normalized spacial score (nSPS) is 21.4. The van der Waals surface area contributed by atoms with Gasteiger partial charge < -0.3 is 5.32 Å². The summed E-state index contributed by atoms with van der Waals surface area (Å²) in [6.45, 7) is 3.43. The Bertz CT molecular complexity index is 287. The summed E-state index contributed by atoms with van der Waals surface area (Å²) in [4.78, 5) is 0. The molecule has 0 unspecified atom stereocenters. The Labute approximate surface area is 86.5 Å². The van der Waals surface area contributed by atoms with Crippen LogP contribution < -0.4 is 5.32 Å². The molecule has 0 spiro atoms. The lowest BCUT2D eigenvalue weighted by atomic mass is 9.96. The highest BCUT2D eigenvalue weighted by atomic mass is 14.9. The SMILES string of the molecule is CCCc1ccccc1[C@@H]1CCCN1. The van der Waals surface area contributed by atoms with Gasteiger partial charge in [0.05, 0.1) is 0 Å². The van der Waals surface area contributed by atoms with Crippen LogP contribution >= 0.6 is 0 Å². The fourth-order valence-corrected chi connectivity index (χ4v) is 2.32. The standard InChI is InChI=1S/C13H19N/c1-2-6-11-7-3-4-8-12(11)13-9-5-10-14-13/h3-4,7-8,13-14H,2,5-6,9-10H2,1H3/t13-/m0/s1. The minimum Gasteiger partial charge on any atom is -0.310 e. The topological polar surface area (TPSA) is 12.0 Å². The highest BCUT2D eigenvalue weighted by Gasteiger charge is 2.17. The molecule has 1 atom stereocenters. The molecule has 1 saturated heterocycles. The summed E-state index contributed by atoms with van der Waals surface area (Å²) in [6.07, 6.45) is 5.09. The molecule has 76 valence electrons. The van der Waals surface area contributed by atoms with E-state index in [1.54, 1.807) is 0 Å². The predicted octanol–water partition coefficient (Wildman–Crippen LogP) is 3.06. The Morgan fingerprint density at radius 1 is 1.36 bits per heavy atom. The molecular weight excluding hydrogens is 170 g/mol. The van der Waals surface area contributed by atoms with E-state index in [1.807, 2.05) is 0 Å². The molecule has 0 radical (unpaired) electrons. The molecule has 0 saturated carbocycles. The molecule has 1 fully saturated rings. The molecule has 1 nitrogen and oxygen atoms in total. The van der Waals surface area contributed by atoms with E-state index in [0.717, 1.165) is 0 Å². The molecule has 14 heavy (non-hydrogen) atoms. The highest BCUT2D eigenvalue weighted by Crippen LogP contribution is 2.26. The van der Waals surface area contributed by atoms with E-state index in [-0.39, 0.29) is 0 Å². The summed E-state index contributed by atoms with van der Waals surface area (Å²) in [5.41, 5.74) is 3.07. The third kappa shape index (κ3) is 1.98. The first-order valence-electron chi connectivity index (χ1n) is 5.73. The average molecular weight is 189 g/mol. The van der Waals surface area contributed by atoms with Crippen molar-refractivity contribution in [1.82, 2.24) is 5.32 Å². The van der Waals surface area contributed by atoms with Crippen LogP contribution in [-0.2, 0) is 6.42 Å². The van der Waals surface area contributed by atoms with E-state index in [1.165, 1.54) is 43.4 Å². The van der Waals surface area contributed by atoms with Gasteiger partial charge in [-0.3, -0.25) is 0 Å². The smallest absolute Gasteiger partial charge is 0.0323 e. The quantitative estimate of drug-likeness (QED) is 0.770. The second kappa shape index (κ2) is 4.61. The Kier molecular flexibility index (Phi) is 3.20. The van der Waals surface area contributed by atoms with Crippen molar-refractivity contribution in [3.05, 3.63) is 35.4 Å². The lowest BCUT2D eigenvalue weighted by Crippen LogP contribution is -2.14. The third-order valence-corrected chi connectivity index (χ3v) is 3.01. The van der Waals surface area contributed by atoms with E-state index in [9.17, 15) is 0 Å². The predicted molar refractivity (Wildman–Crippen MR) is 60.4 cm³/mol. The molecule has 0 amide bonds. The van der Waals surface area contributed by atoms with Crippen molar-refractivity contribution in [3.8, 4) is 0 Å². The third-order valence-electron chi connectivity index (χ3n) is 3.01. The summed E-state index contributed by atoms with van der Waals surface area (Å²) in [6, 6.07) is 9.50. The van der Waals surface area contributed by atoms with Crippen molar-refractivity contribution in [2.45, 2.75) is 38.6 Å². The first-order chi connectivity index (χ1) is 6.92. The van der Waals surface area contributed by atoms with Crippen LogP contribution in [0.25, 0.3) is 0 Å². The second-order valence-electron chi connectivity index (χ2n) is 4.10. The van der Waals surface area contributed by atoms with Gasteiger partial charge >= 0.3 is 0 Å². The summed E-state index contributed by atoms with van der Waals surface area (Å²) < 4.78 is 0. The van der Waals surface area contributed by atoms with E-state index < -0.39 is 0 Å². The Hall–Kier alpha value is -0.820. The monoisotopic (exact) mass is 189 g/mol. The van der Waals surface area contributed by atoms with Crippen LogP contribution in [0.5, 0.6) is 0 Å². The largest absolute Gasteiger partial charge is 0.310 e. The zero-order chi connectivity index (χ0) is 9.80. The Balaban J connectivity index is 2.21. The van der Waals surface area contributed by atoms with Gasteiger partial charge in [-0.1, -0.05) is 37.6 Å². The van der Waals surface area contributed by atoms with Crippen LogP contribution in [0.1, 0.15) is 43.4 Å². The lowest BCUT2D eigenvalue weighted by molar-refractivity contribution is 0.638. The van der Waals surface area contributed by atoms with Crippen molar-refractivity contribution in [2.75, 3.05) is 6.54 Å². The molecule has 0 bridgehead atoms. The van der Waals surface area contributed by atoms with Crippen LogP contribution in [-0.4, -0.2) is 6.54 Å². The van der Waals surface area contributed by atoms with Gasteiger partial charge in [-0.15, -0.1) is 0 Å². The highest BCUT2D eigenvalue weighted by molar-refractivity contribution is 5.30. The number of aryl methyl sites for hydroxylation is 1. The minimum absolute atomic E-state index is 0.623. The van der Waals surface area contributed by atoms with Gasteiger partial charge in [0.2, 0.25) is 0 Å². The van der Waals surface area contributed by atoms with Crippen LogP contribution in [0.3, 0.4) is 0 Å². The fourth-order valence-electron chi connectivity index (χ4n) is 2.32. The molecule has 1 aromatic carbocycles. The minimum atomic E-state index is 0.623. The van der Waals surface area contributed by atoms with Gasteiger partial charge in [0.15, 0.2) is 0 Å². The molecule has 1 aliphatic rings. The molecule has 1 aliphatic heterocycles. The van der Waals surface area contributed by atoms with E-state index in [4.69, 9.17) is 0 Å². The number of hydrogen-bond donors (Lipinski definition) is 1. The van der Waals surface area contributed by atoms with Gasteiger partial charge in [-0.2, -0.15) is 0 Å². The molecule has 0 aromatic heterocycles. The number of benzene rings is 1. The molecule has 1 heterocycles. The zero-order valence-corrected chi connectivity index (χ0v) is 8.92. The van der Waals surface area contributed by atoms with E-state index in [0.29, 0.717) is 6.04 Å². The summed E-state index contributed by atoms with van der Waals surface area (Å²) in [5, 5.41) is 3.57. The Morgan fingerprint density at radius 2 is 2.21 bits per heavy atom. The second-order valence-corrected chi connectivity index (χ2v) is 4.10.